The standard InChI is InChI=1S/C24H18N2O7/c1-3-14(2)32-18-8-16(23(27)26-22-7-4-15(12-25-22)24(28)29)9-19(10-18)33-17-5-6-20-21(11-17)31-13-30-20/h1,4-12,14H,13H2,2H3,(H,28,29)(H,25,26,27). The topological polar surface area (TPSA) is 116 Å². The Balaban J connectivity index is 1.59. The number of hydrogen-bond donors (Lipinski definition) is 2. The number of terminal acetylenes is 1. The monoisotopic (exact) mass is 446 g/mol. The fourth-order valence-corrected chi connectivity index (χ4v) is 2.93. The molecule has 0 fully saturated rings. The number of anilines is 1. The number of carbonyl (C=O) groups excluding carboxylic acids is 1. The Labute approximate surface area is 188 Å². The summed E-state index contributed by atoms with van der Waals surface area (Å²) >= 11 is 0. The third-order valence-electron chi connectivity index (χ3n) is 4.52. The Hall–Kier alpha value is -4.71. The van der Waals surface area contributed by atoms with Crippen LogP contribution in [0.15, 0.2) is 54.7 Å². The molecule has 2 N–H and O–H groups in total. The van der Waals surface area contributed by atoms with Gasteiger partial charge in [0.1, 0.15) is 23.1 Å². The summed E-state index contributed by atoms with van der Waals surface area (Å²) < 4.78 is 22.3. The summed E-state index contributed by atoms with van der Waals surface area (Å²) in [4.78, 5) is 27.8. The van der Waals surface area contributed by atoms with Crippen LogP contribution in [0.4, 0.5) is 5.82 Å². The van der Waals surface area contributed by atoms with E-state index in [9.17, 15) is 9.59 Å². The lowest BCUT2D eigenvalue weighted by atomic mass is 10.1. The predicted octanol–water partition coefficient (Wildman–Crippen LogP) is 3.95. The molecule has 33 heavy (non-hydrogen) atoms. The van der Waals surface area contributed by atoms with Crippen molar-refractivity contribution in [2.75, 3.05) is 12.1 Å². The Morgan fingerprint density at radius 2 is 1.85 bits per heavy atom. The van der Waals surface area contributed by atoms with Gasteiger partial charge in [-0.05, 0) is 43.3 Å². The number of hydrogen-bond acceptors (Lipinski definition) is 7. The first-order chi connectivity index (χ1) is 15.9. The fraction of sp³-hybridized carbons (Fsp3) is 0.125. The highest BCUT2D eigenvalue weighted by Gasteiger charge is 2.16. The second kappa shape index (κ2) is 9.20. The van der Waals surface area contributed by atoms with Crippen molar-refractivity contribution in [1.82, 2.24) is 4.98 Å². The number of aromatic carboxylic acids is 1. The first-order valence-electron chi connectivity index (χ1n) is 9.77. The number of pyridine rings is 1. The van der Waals surface area contributed by atoms with Crippen molar-refractivity contribution in [2.24, 2.45) is 0 Å². The zero-order chi connectivity index (χ0) is 23.4. The van der Waals surface area contributed by atoms with E-state index in [0.717, 1.165) is 6.20 Å². The van der Waals surface area contributed by atoms with Crippen LogP contribution in [0.25, 0.3) is 0 Å². The average Bonchev–Trinajstić information content (AvgIpc) is 3.27. The van der Waals surface area contributed by atoms with Gasteiger partial charge in [0, 0.05) is 23.9 Å². The predicted molar refractivity (Wildman–Crippen MR) is 117 cm³/mol. The molecule has 2 aromatic carbocycles. The van der Waals surface area contributed by atoms with Crippen molar-refractivity contribution < 1.29 is 33.6 Å². The zero-order valence-corrected chi connectivity index (χ0v) is 17.4. The number of rotatable bonds is 7. The number of nitrogens with zero attached hydrogens (tertiary/aromatic N) is 1. The molecule has 2 heterocycles. The highest BCUT2D eigenvalue weighted by Crippen LogP contribution is 2.37. The third-order valence-corrected chi connectivity index (χ3v) is 4.52. The number of benzene rings is 2. The van der Waals surface area contributed by atoms with E-state index in [-0.39, 0.29) is 23.7 Å². The quantitative estimate of drug-likeness (QED) is 0.524. The molecule has 1 unspecified atom stereocenters. The van der Waals surface area contributed by atoms with E-state index >= 15 is 0 Å². The van der Waals surface area contributed by atoms with Crippen molar-refractivity contribution >= 4 is 17.7 Å². The summed E-state index contributed by atoms with van der Waals surface area (Å²) in [5.74, 6) is 3.33. The number of carboxylic acid groups (broad SMARTS) is 1. The van der Waals surface area contributed by atoms with E-state index in [1.807, 2.05) is 0 Å². The SMILES string of the molecule is C#CC(C)Oc1cc(Oc2ccc3c(c2)OCO3)cc(C(=O)Nc2ccc(C(=O)O)cn2)c1. The number of carbonyl (C=O) groups is 2. The van der Waals surface area contributed by atoms with E-state index in [1.165, 1.54) is 24.3 Å². The van der Waals surface area contributed by atoms with Crippen LogP contribution in [0.3, 0.4) is 0 Å². The van der Waals surface area contributed by atoms with E-state index in [1.54, 1.807) is 31.2 Å². The molecule has 0 aliphatic carbocycles. The highest BCUT2D eigenvalue weighted by molar-refractivity contribution is 6.04. The molecule has 0 saturated carbocycles. The van der Waals surface area contributed by atoms with Gasteiger partial charge in [-0.1, -0.05) is 5.92 Å². The smallest absolute Gasteiger partial charge is 0.337 e. The number of nitrogens with one attached hydrogen (secondary N) is 1. The van der Waals surface area contributed by atoms with E-state index in [0.29, 0.717) is 28.7 Å². The molecule has 1 aliphatic heterocycles. The van der Waals surface area contributed by atoms with Crippen LogP contribution < -0.4 is 24.3 Å². The van der Waals surface area contributed by atoms with Crippen LogP contribution in [0, 0.1) is 12.3 Å². The molecular weight excluding hydrogens is 428 g/mol. The molecule has 166 valence electrons. The van der Waals surface area contributed by atoms with Crippen molar-refractivity contribution in [1.29, 1.82) is 0 Å². The highest BCUT2D eigenvalue weighted by atomic mass is 16.7. The molecule has 1 atom stereocenters. The summed E-state index contributed by atoms with van der Waals surface area (Å²) in [5.41, 5.74) is 0.225. The van der Waals surface area contributed by atoms with Gasteiger partial charge in [0.2, 0.25) is 6.79 Å². The Bertz CT molecular complexity index is 1250. The molecular formula is C24H18N2O7. The lowest BCUT2D eigenvalue weighted by Gasteiger charge is -2.14. The average molecular weight is 446 g/mol. The molecule has 0 saturated heterocycles. The van der Waals surface area contributed by atoms with Crippen molar-refractivity contribution in [3.8, 4) is 41.1 Å². The molecule has 9 nitrogen and oxygen atoms in total. The fourth-order valence-electron chi connectivity index (χ4n) is 2.93. The molecule has 0 bridgehead atoms. The maximum Gasteiger partial charge on any atom is 0.337 e. The largest absolute Gasteiger partial charge is 0.478 e. The maximum absolute atomic E-state index is 12.8. The van der Waals surface area contributed by atoms with Gasteiger partial charge in [-0.2, -0.15) is 0 Å². The van der Waals surface area contributed by atoms with Gasteiger partial charge in [0.15, 0.2) is 17.6 Å². The van der Waals surface area contributed by atoms with Crippen LogP contribution in [-0.2, 0) is 0 Å². The van der Waals surface area contributed by atoms with E-state index in [4.69, 9.17) is 30.5 Å². The minimum absolute atomic E-state index is 0.00563. The molecule has 3 aromatic rings. The summed E-state index contributed by atoms with van der Waals surface area (Å²) in [6, 6.07) is 12.5. The van der Waals surface area contributed by atoms with Crippen LogP contribution in [0.5, 0.6) is 28.7 Å². The summed E-state index contributed by atoms with van der Waals surface area (Å²) in [5, 5.41) is 11.6. The van der Waals surface area contributed by atoms with Crippen molar-refractivity contribution in [3.63, 3.8) is 0 Å². The minimum Gasteiger partial charge on any atom is -0.478 e. The normalized spacial score (nSPS) is 12.4. The van der Waals surface area contributed by atoms with Gasteiger partial charge in [-0.15, -0.1) is 6.42 Å². The van der Waals surface area contributed by atoms with Crippen molar-refractivity contribution in [3.05, 3.63) is 65.9 Å². The molecule has 0 spiro atoms. The molecule has 1 amide bonds. The van der Waals surface area contributed by atoms with E-state index < -0.39 is 18.0 Å². The maximum atomic E-state index is 12.8. The van der Waals surface area contributed by atoms with Crippen LogP contribution in [0.1, 0.15) is 27.6 Å². The number of amides is 1. The molecule has 9 heteroatoms. The number of ether oxygens (including phenoxy) is 4. The molecule has 4 rings (SSSR count). The number of aromatic nitrogens is 1. The second-order valence-corrected chi connectivity index (χ2v) is 6.93. The second-order valence-electron chi connectivity index (χ2n) is 6.93. The zero-order valence-electron chi connectivity index (χ0n) is 17.4. The van der Waals surface area contributed by atoms with Gasteiger partial charge < -0.3 is 29.4 Å². The third kappa shape index (κ3) is 5.14. The summed E-state index contributed by atoms with van der Waals surface area (Å²) in [6.45, 7) is 1.83. The first kappa shape index (κ1) is 21.5. The van der Waals surface area contributed by atoms with Gasteiger partial charge in [-0.3, -0.25) is 4.79 Å². The first-order valence-corrected chi connectivity index (χ1v) is 9.77. The summed E-state index contributed by atoms with van der Waals surface area (Å²) in [6.07, 6.45) is 6.02. The Kier molecular flexibility index (Phi) is 6.00. The van der Waals surface area contributed by atoms with Gasteiger partial charge in [0.25, 0.3) is 5.91 Å². The van der Waals surface area contributed by atoms with E-state index in [2.05, 4.69) is 16.2 Å². The number of fused-ring (bicyclic) bond motifs is 1. The van der Waals surface area contributed by atoms with Crippen LogP contribution >= 0.6 is 0 Å². The van der Waals surface area contributed by atoms with Crippen molar-refractivity contribution in [2.45, 2.75) is 13.0 Å². The van der Waals surface area contributed by atoms with Gasteiger partial charge in [0.05, 0.1) is 5.56 Å². The Morgan fingerprint density at radius 1 is 1.06 bits per heavy atom. The lowest BCUT2D eigenvalue weighted by Crippen LogP contribution is -2.14. The molecule has 1 aromatic heterocycles. The Morgan fingerprint density at radius 3 is 2.58 bits per heavy atom. The van der Waals surface area contributed by atoms with Gasteiger partial charge >= 0.3 is 5.97 Å². The van der Waals surface area contributed by atoms with Gasteiger partial charge in [-0.25, -0.2) is 9.78 Å². The minimum atomic E-state index is -1.11. The molecule has 1 aliphatic rings. The number of carboxylic acids is 1. The lowest BCUT2D eigenvalue weighted by molar-refractivity contribution is 0.0696. The van der Waals surface area contributed by atoms with Crippen LogP contribution in [-0.4, -0.2) is 34.9 Å². The summed E-state index contributed by atoms with van der Waals surface area (Å²) in [7, 11) is 0. The molecule has 0 radical (unpaired) electrons. The van der Waals surface area contributed by atoms with Crippen LogP contribution in [0.2, 0.25) is 0 Å².